The molecular weight excluding hydrogens is 375 g/mol. The second-order valence-corrected chi connectivity index (χ2v) is 5.79. The van der Waals surface area contributed by atoms with Gasteiger partial charge in [-0.3, -0.25) is 9.78 Å². The number of amides is 1. The van der Waals surface area contributed by atoms with Crippen LogP contribution < -0.4 is 5.32 Å². The molecule has 19 heavy (non-hydrogen) atoms. The zero-order valence-corrected chi connectivity index (χ0v) is 13.4. The van der Waals surface area contributed by atoms with E-state index in [1.165, 1.54) is 11.8 Å². The normalized spacial score (nSPS) is 10.3. The van der Waals surface area contributed by atoms with Crippen molar-refractivity contribution in [2.24, 2.45) is 0 Å². The molecule has 1 aromatic carbocycles. The van der Waals surface area contributed by atoms with Gasteiger partial charge < -0.3 is 5.32 Å². The summed E-state index contributed by atoms with van der Waals surface area (Å²) < 4.78 is 1.10. The molecule has 0 fully saturated rings. The molecule has 3 nitrogen and oxygen atoms in total. The Hall–Kier alpha value is -1.14. The topological polar surface area (TPSA) is 42.0 Å². The molecule has 2 rings (SSSR count). The van der Waals surface area contributed by atoms with Crippen molar-refractivity contribution >= 4 is 45.8 Å². The molecule has 1 N–H and O–H groups in total. The molecule has 0 aliphatic rings. The highest BCUT2D eigenvalue weighted by Gasteiger charge is 2.11. The minimum atomic E-state index is -0.253. The number of halogens is 2. The van der Waals surface area contributed by atoms with Crippen LogP contribution in [0.15, 0.2) is 30.5 Å². The van der Waals surface area contributed by atoms with E-state index in [2.05, 4.69) is 32.9 Å². The fourth-order valence-electron chi connectivity index (χ4n) is 1.56. The summed E-state index contributed by atoms with van der Waals surface area (Å²) in [6.45, 7) is 3.85. The van der Waals surface area contributed by atoms with E-state index in [9.17, 15) is 4.79 Å². The maximum atomic E-state index is 12.1. The molecule has 0 bridgehead atoms. The predicted octanol–water partition coefficient (Wildman–Crippen LogP) is 4.21. The molecular formula is C14H12ClIN2O. The first kappa shape index (κ1) is 14.3. The average Bonchev–Trinajstić information content (AvgIpc) is 2.33. The summed E-state index contributed by atoms with van der Waals surface area (Å²) in [5.41, 5.74) is 3.08. The number of pyridine rings is 1. The van der Waals surface area contributed by atoms with Crippen molar-refractivity contribution in [2.45, 2.75) is 13.8 Å². The summed E-state index contributed by atoms with van der Waals surface area (Å²) in [4.78, 5) is 16.2. The molecule has 1 heterocycles. The Labute approximate surface area is 130 Å². The summed E-state index contributed by atoms with van der Waals surface area (Å²) >= 11 is 8.28. The maximum absolute atomic E-state index is 12.1. The number of hydrogen-bond acceptors (Lipinski definition) is 2. The van der Waals surface area contributed by atoms with E-state index in [0.717, 1.165) is 15.0 Å². The zero-order valence-electron chi connectivity index (χ0n) is 10.5. The van der Waals surface area contributed by atoms with Crippen molar-refractivity contribution in [3.63, 3.8) is 0 Å². The molecule has 2 aromatic rings. The third-order valence-electron chi connectivity index (χ3n) is 2.66. The van der Waals surface area contributed by atoms with Gasteiger partial charge in [0.2, 0.25) is 0 Å². The first-order valence-electron chi connectivity index (χ1n) is 5.67. The first-order chi connectivity index (χ1) is 8.97. The number of aromatic nitrogens is 1. The smallest absolute Gasteiger partial charge is 0.258 e. The molecule has 5 heteroatoms. The van der Waals surface area contributed by atoms with E-state index in [0.29, 0.717) is 10.6 Å². The van der Waals surface area contributed by atoms with Crippen LogP contribution in [-0.2, 0) is 0 Å². The van der Waals surface area contributed by atoms with Crippen molar-refractivity contribution in [2.75, 3.05) is 5.32 Å². The summed E-state index contributed by atoms with van der Waals surface area (Å²) in [5, 5.41) is 3.23. The van der Waals surface area contributed by atoms with Crippen LogP contribution in [0.1, 0.15) is 21.6 Å². The number of nitrogens with zero attached hydrogens (tertiary/aromatic N) is 1. The Kier molecular flexibility index (Phi) is 4.42. The highest BCUT2D eigenvalue weighted by molar-refractivity contribution is 14.1. The van der Waals surface area contributed by atoms with E-state index in [1.807, 2.05) is 32.0 Å². The number of rotatable bonds is 2. The minimum Gasteiger partial charge on any atom is -0.322 e. The molecule has 1 amide bonds. The van der Waals surface area contributed by atoms with Gasteiger partial charge in [0.15, 0.2) is 0 Å². The van der Waals surface area contributed by atoms with Crippen LogP contribution in [0.3, 0.4) is 0 Å². The maximum Gasteiger partial charge on any atom is 0.258 e. The zero-order chi connectivity index (χ0) is 14.0. The van der Waals surface area contributed by atoms with Crippen molar-refractivity contribution in [1.82, 2.24) is 4.98 Å². The van der Waals surface area contributed by atoms with Gasteiger partial charge in [-0.15, -0.1) is 0 Å². The molecule has 0 atom stereocenters. The van der Waals surface area contributed by atoms with Crippen molar-refractivity contribution in [1.29, 1.82) is 0 Å². The van der Waals surface area contributed by atoms with Gasteiger partial charge in [-0.1, -0.05) is 17.7 Å². The standard InChI is InChI=1S/C14H12ClIN2O/c1-8-3-4-10(6-13(8)16)18-14(19)11-7-17-9(2)5-12(11)15/h3-7H,1-2H3,(H,18,19). The number of carbonyl (C=O) groups excluding carboxylic acids is 1. The first-order valence-corrected chi connectivity index (χ1v) is 7.12. The van der Waals surface area contributed by atoms with E-state index >= 15 is 0 Å². The van der Waals surface area contributed by atoms with Crippen LogP contribution in [0, 0.1) is 17.4 Å². The van der Waals surface area contributed by atoms with Gasteiger partial charge in [0, 0.05) is 21.1 Å². The van der Waals surface area contributed by atoms with Crippen LogP contribution in [0.2, 0.25) is 5.02 Å². The monoisotopic (exact) mass is 386 g/mol. The second kappa shape index (κ2) is 5.88. The summed E-state index contributed by atoms with van der Waals surface area (Å²) in [6.07, 6.45) is 1.49. The molecule has 0 saturated carbocycles. The minimum absolute atomic E-state index is 0.253. The van der Waals surface area contributed by atoms with Gasteiger partial charge >= 0.3 is 0 Å². The summed E-state index contributed by atoms with van der Waals surface area (Å²) in [6, 6.07) is 7.43. The van der Waals surface area contributed by atoms with Crippen LogP contribution in [0.4, 0.5) is 5.69 Å². The van der Waals surface area contributed by atoms with Gasteiger partial charge in [-0.05, 0) is 60.2 Å². The van der Waals surface area contributed by atoms with E-state index < -0.39 is 0 Å². The van der Waals surface area contributed by atoms with Gasteiger partial charge in [0.1, 0.15) is 0 Å². The summed E-state index contributed by atoms with van der Waals surface area (Å²) in [7, 11) is 0. The Morgan fingerprint density at radius 1 is 1.32 bits per heavy atom. The Balaban J connectivity index is 2.23. The Morgan fingerprint density at radius 3 is 2.68 bits per heavy atom. The lowest BCUT2D eigenvalue weighted by atomic mass is 10.2. The molecule has 0 aliphatic heterocycles. The highest BCUT2D eigenvalue weighted by atomic mass is 127. The van der Waals surface area contributed by atoms with Crippen LogP contribution in [-0.4, -0.2) is 10.9 Å². The largest absolute Gasteiger partial charge is 0.322 e. The molecule has 0 aliphatic carbocycles. The van der Waals surface area contributed by atoms with Crippen LogP contribution in [0.5, 0.6) is 0 Å². The van der Waals surface area contributed by atoms with E-state index in [-0.39, 0.29) is 5.91 Å². The molecule has 98 valence electrons. The van der Waals surface area contributed by atoms with Gasteiger partial charge in [0.05, 0.1) is 10.6 Å². The predicted molar refractivity (Wildman–Crippen MR) is 85.8 cm³/mol. The Bertz CT molecular complexity index is 643. The molecule has 1 aromatic heterocycles. The molecule has 0 saturated heterocycles. The average molecular weight is 387 g/mol. The highest BCUT2D eigenvalue weighted by Crippen LogP contribution is 2.20. The third kappa shape index (κ3) is 3.45. The third-order valence-corrected chi connectivity index (χ3v) is 4.14. The lowest BCUT2D eigenvalue weighted by Gasteiger charge is -2.08. The van der Waals surface area contributed by atoms with Crippen molar-refractivity contribution in [3.8, 4) is 0 Å². The van der Waals surface area contributed by atoms with E-state index in [1.54, 1.807) is 6.07 Å². The number of anilines is 1. The number of hydrogen-bond donors (Lipinski definition) is 1. The summed E-state index contributed by atoms with van der Waals surface area (Å²) in [5.74, 6) is -0.253. The van der Waals surface area contributed by atoms with Gasteiger partial charge in [-0.2, -0.15) is 0 Å². The van der Waals surface area contributed by atoms with Gasteiger partial charge in [-0.25, -0.2) is 0 Å². The van der Waals surface area contributed by atoms with Crippen LogP contribution in [0.25, 0.3) is 0 Å². The number of carbonyl (C=O) groups is 1. The molecule has 0 spiro atoms. The van der Waals surface area contributed by atoms with Crippen LogP contribution >= 0.6 is 34.2 Å². The Morgan fingerprint density at radius 2 is 2.05 bits per heavy atom. The van der Waals surface area contributed by atoms with Crippen molar-refractivity contribution < 1.29 is 4.79 Å². The number of aryl methyl sites for hydroxylation is 2. The molecule has 0 radical (unpaired) electrons. The van der Waals surface area contributed by atoms with Gasteiger partial charge in [0.25, 0.3) is 5.91 Å². The number of nitrogens with one attached hydrogen (secondary N) is 1. The quantitative estimate of drug-likeness (QED) is 0.786. The van der Waals surface area contributed by atoms with E-state index in [4.69, 9.17) is 11.6 Å². The second-order valence-electron chi connectivity index (χ2n) is 4.22. The van der Waals surface area contributed by atoms with Crippen molar-refractivity contribution in [3.05, 3.63) is 55.9 Å². The fraction of sp³-hybridized carbons (Fsp3) is 0.143. The molecule has 0 unspecified atom stereocenters. The SMILES string of the molecule is Cc1cc(Cl)c(C(=O)Nc2ccc(C)c(I)c2)cn1. The fourth-order valence-corrected chi connectivity index (χ4v) is 2.37. The lowest BCUT2D eigenvalue weighted by Crippen LogP contribution is -2.13. The lowest BCUT2D eigenvalue weighted by molar-refractivity contribution is 0.102. The number of benzene rings is 1.